The van der Waals surface area contributed by atoms with E-state index < -0.39 is 5.97 Å². The summed E-state index contributed by atoms with van der Waals surface area (Å²) in [4.78, 5) is 14.9. The number of carbonyl (C=O) groups is 1. The maximum Gasteiger partial charge on any atom is 0.356 e. The molecule has 1 aliphatic heterocycles. The van der Waals surface area contributed by atoms with Gasteiger partial charge in [0, 0.05) is 6.54 Å². The third-order valence-corrected chi connectivity index (χ3v) is 2.88. The van der Waals surface area contributed by atoms with Crippen molar-refractivity contribution in [2.45, 2.75) is 32.9 Å². The number of aromatic carboxylic acids is 1. The summed E-state index contributed by atoms with van der Waals surface area (Å²) in [6.07, 6.45) is 1.74. The van der Waals surface area contributed by atoms with Crippen molar-refractivity contribution in [2.75, 3.05) is 0 Å². The number of imidazole rings is 1. The first-order valence-corrected chi connectivity index (χ1v) is 5.06. The van der Waals surface area contributed by atoms with Crippen molar-refractivity contribution in [3.63, 3.8) is 0 Å². The van der Waals surface area contributed by atoms with Crippen molar-refractivity contribution in [2.24, 2.45) is 5.92 Å². The number of aliphatic hydroxyl groups is 1. The van der Waals surface area contributed by atoms with E-state index in [1.807, 2.05) is 4.57 Å². The van der Waals surface area contributed by atoms with Crippen molar-refractivity contribution < 1.29 is 15.0 Å². The Balaban J connectivity index is 2.50. The Hall–Kier alpha value is -1.36. The molecule has 0 amide bonds. The molecule has 0 radical (unpaired) electrons. The first-order valence-electron chi connectivity index (χ1n) is 5.06. The molecule has 1 aromatic heterocycles. The van der Waals surface area contributed by atoms with Crippen molar-refractivity contribution in [1.82, 2.24) is 9.55 Å². The topological polar surface area (TPSA) is 75.3 Å². The van der Waals surface area contributed by atoms with Gasteiger partial charge in [-0.15, -0.1) is 0 Å². The molecule has 0 bridgehead atoms. The molecular formula is C10H14N2O3. The average Bonchev–Trinajstić information content (AvgIpc) is 2.55. The van der Waals surface area contributed by atoms with Crippen LogP contribution in [0.25, 0.3) is 0 Å². The van der Waals surface area contributed by atoms with Gasteiger partial charge in [-0.25, -0.2) is 9.78 Å². The van der Waals surface area contributed by atoms with E-state index in [0.717, 1.165) is 25.1 Å². The van der Waals surface area contributed by atoms with Gasteiger partial charge < -0.3 is 14.8 Å². The quantitative estimate of drug-likeness (QED) is 0.751. The first-order chi connectivity index (χ1) is 7.13. The van der Waals surface area contributed by atoms with E-state index in [-0.39, 0.29) is 12.3 Å². The van der Waals surface area contributed by atoms with Gasteiger partial charge in [-0.3, -0.25) is 0 Å². The molecule has 0 fully saturated rings. The van der Waals surface area contributed by atoms with Crippen molar-refractivity contribution in [3.8, 4) is 0 Å². The van der Waals surface area contributed by atoms with Gasteiger partial charge in [-0.2, -0.15) is 0 Å². The average molecular weight is 210 g/mol. The lowest BCUT2D eigenvalue weighted by atomic mass is 9.97. The predicted molar refractivity (Wildman–Crippen MR) is 52.6 cm³/mol. The fraction of sp³-hybridized carbons (Fsp3) is 0.600. The molecule has 1 atom stereocenters. The van der Waals surface area contributed by atoms with Crippen LogP contribution in [-0.4, -0.2) is 25.7 Å². The van der Waals surface area contributed by atoms with Gasteiger partial charge in [0.05, 0.1) is 5.69 Å². The second kappa shape index (κ2) is 3.66. The molecule has 82 valence electrons. The number of hydrogen-bond donors (Lipinski definition) is 2. The molecule has 1 aromatic rings. The maximum atomic E-state index is 11.0. The molecule has 0 saturated heterocycles. The summed E-state index contributed by atoms with van der Waals surface area (Å²) in [6.45, 7) is 2.65. The van der Waals surface area contributed by atoms with E-state index in [2.05, 4.69) is 11.9 Å². The highest BCUT2D eigenvalue weighted by Crippen LogP contribution is 2.24. The van der Waals surface area contributed by atoms with Crippen molar-refractivity contribution in [3.05, 3.63) is 17.2 Å². The lowest BCUT2D eigenvalue weighted by Crippen LogP contribution is -2.20. The Morgan fingerprint density at radius 2 is 2.40 bits per heavy atom. The van der Waals surface area contributed by atoms with Crippen LogP contribution in [0.4, 0.5) is 0 Å². The van der Waals surface area contributed by atoms with E-state index in [9.17, 15) is 4.79 Å². The van der Waals surface area contributed by atoms with E-state index >= 15 is 0 Å². The van der Waals surface area contributed by atoms with Crippen LogP contribution in [0.2, 0.25) is 0 Å². The van der Waals surface area contributed by atoms with Gasteiger partial charge in [0.15, 0.2) is 5.69 Å². The summed E-state index contributed by atoms with van der Waals surface area (Å²) in [5.41, 5.74) is 0.857. The Kier molecular flexibility index (Phi) is 2.48. The first kappa shape index (κ1) is 10.2. The lowest BCUT2D eigenvalue weighted by Gasteiger charge is -2.21. The van der Waals surface area contributed by atoms with Gasteiger partial charge in [-0.05, 0) is 18.8 Å². The SMILES string of the molecule is CC1CCn2c(CO)nc(C(=O)O)c2C1. The van der Waals surface area contributed by atoms with E-state index in [1.54, 1.807) is 0 Å². The Labute approximate surface area is 87.4 Å². The van der Waals surface area contributed by atoms with Crippen LogP contribution >= 0.6 is 0 Å². The lowest BCUT2D eigenvalue weighted by molar-refractivity contribution is 0.0688. The monoisotopic (exact) mass is 210 g/mol. The van der Waals surface area contributed by atoms with Gasteiger partial charge in [0.25, 0.3) is 0 Å². The summed E-state index contributed by atoms with van der Waals surface area (Å²) in [5, 5.41) is 18.1. The molecule has 0 aliphatic carbocycles. The Morgan fingerprint density at radius 3 is 3.00 bits per heavy atom. The van der Waals surface area contributed by atoms with Crippen molar-refractivity contribution in [1.29, 1.82) is 0 Å². The summed E-state index contributed by atoms with van der Waals surface area (Å²) >= 11 is 0. The minimum absolute atomic E-state index is 0.102. The molecule has 2 heterocycles. The van der Waals surface area contributed by atoms with Crippen LogP contribution in [0.5, 0.6) is 0 Å². The Morgan fingerprint density at radius 1 is 1.67 bits per heavy atom. The summed E-state index contributed by atoms with van der Waals surface area (Å²) in [7, 11) is 0. The normalized spacial score (nSPS) is 20.0. The van der Waals surface area contributed by atoms with Crippen LogP contribution in [0, 0.1) is 5.92 Å². The van der Waals surface area contributed by atoms with Crippen LogP contribution in [0.15, 0.2) is 0 Å². The minimum Gasteiger partial charge on any atom is -0.476 e. The highest BCUT2D eigenvalue weighted by molar-refractivity contribution is 5.86. The predicted octanol–water partition coefficient (Wildman–Crippen LogP) is 0.656. The third kappa shape index (κ3) is 1.63. The molecule has 1 unspecified atom stereocenters. The molecule has 15 heavy (non-hydrogen) atoms. The second-order valence-electron chi connectivity index (χ2n) is 4.04. The van der Waals surface area contributed by atoms with E-state index in [4.69, 9.17) is 10.2 Å². The summed E-state index contributed by atoms with van der Waals surface area (Å²) in [6, 6.07) is 0. The number of aromatic nitrogens is 2. The number of fused-ring (bicyclic) bond motifs is 1. The minimum atomic E-state index is -1.01. The molecule has 5 heteroatoms. The fourth-order valence-corrected chi connectivity index (χ4v) is 2.08. The molecule has 0 saturated carbocycles. The summed E-state index contributed by atoms with van der Waals surface area (Å²) in [5.74, 6) is -0.0549. The molecule has 0 aromatic carbocycles. The van der Waals surface area contributed by atoms with Gasteiger partial charge in [0.1, 0.15) is 12.4 Å². The number of carboxylic acids is 1. The van der Waals surface area contributed by atoms with Gasteiger partial charge >= 0.3 is 5.97 Å². The molecule has 5 nitrogen and oxygen atoms in total. The number of nitrogens with zero attached hydrogens (tertiary/aromatic N) is 2. The zero-order chi connectivity index (χ0) is 11.0. The number of rotatable bonds is 2. The molecule has 1 aliphatic rings. The second-order valence-corrected chi connectivity index (χ2v) is 4.04. The van der Waals surface area contributed by atoms with Crippen LogP contribution in [0.1, 0.15) is 35.4 Å². The highest BCUT2D eigenvalue weighted by atomic mass is 16.4. The summed E-state index contributed by atoms with van der Waals surface area (Å²) < 4.78 is 1.84. The van der Waals surface area contributed by atoms with Crippen molar-refractivity contribution >= 4 is 5.97 Å². The molecule has 2 N–H and O–H groups in total. The highest BCUT2D eigenvalue weighted by Gasteiger charge is 2.26. The van der Waals surface area contributed by atoms with Crippen LogP contribution < -0.4 is 0 Å². The largest absolute Gasteiger partial charge is 0.476 e. The zero-order valence-electron chi connectivity index (χ0n) is 8.60. The van der Waals surface area contributed by atoms with Gasteiger partial charge in [0.2, 0.25) is 0 Å². The smallest absolute Gasteiger partial charge is 0.356 e. The van der Waals surface area contributed by atoms with E-state index in [1.165, 1.54) is 0 Å². The standard InChI is InChI=1S/C10H14N2O3/c1-6-2-3-12-7(4-6)9(10(14)15)11-8(12)5-13/h6,13H,2-5H2,1H3,(H,14,15). The fourth-order valence-electron chi connectivity index (χ4n) is 2.08. The van der Waals surface area contributed by atoms with Crippen LogP contribution in [-0.2, 0) is 19.6 Å². The van der Waals surface area contributed by atoms with Crippen LogP contribution in [0.3, 0.4) is 0 Å². The zero-order valence-corrected chi connectivity index (χ0v) is 8.60. The van der Waals surface area contributed by atoms with E-state index in [0.29, 0.717) is 11.7 Å². The number of carboxylic acid groups (broad SMARTS) is 1. The number of aliphatic hydroxyl groups excluding tert-OH is 1. The molecule has 0 spiro atoms. The Bertz CT molecular complexity index is 398. The maximum absolute atomic E-state index is 11.0. The number of hydrogen-bond acceptors (Lipinski definition) is 3. The molecule has 2 rings (SSSR count). The van der Waals surface area contributed by atoms with Gasteiger partial charge in [-0.1, -0.05) is 6.92 Å². The molecular weight excluding hydrogens is 196 g/mol. The third-order valence-electron chi connectivity index (χ3n) is 2.88.